The zero-order valence-electron chi connectivity index (χ0n) is 6.90. The van der Waals surface area contributed by atoms with Gasteiger partial charge in [0.1, 0.15) is 0 Å². The molecule has 0 aliphatic heterocycles. The van der Waals surface area contributed by atoms with Crippen LogP contribution in [-0.4, -0.2) is 0 Å². The molecule has 0 heterocycles. The molecule has 0 saturated heterocycles. The van der Waals surface area contributed by atoms with Crippen LogP contribution in [0.3, 0.4) is 0 Å². The van der Waals surface area contributed by atoms with Gasteiger partial charge in [-0.25, -0.2) is 4.13 Å². The maximum absolute atomic E-state index is 3.94. The van der Waals surface area contributed by atoms with E-state index in [0.29, 0.717) is 0 Å². The first-order valence-corrected chi connectivity index (χ1v) is 5.21. The van der Waals surface area contributed by atoms with E-state index in [0.717, 1.165) is 0 Å². The van der Waals surface area contributed by atoms with Gasteiger partial charge in [0.2, 0.25) is 0 Å². The first-order chi connectivity index (χ1) is 6.40. The first kappa shape index (κ1) is 8.94. The largest absolute Gasteiger partial charge is 0.206 e. The van der Waals surface area contributed by atoms with Gasteiger partial charge < -0.3 is 0 Å². The lowest BCUT2D eigenvalue weighted by Crippen LogP contribution is -1.81. The van der Waals surface area contributed by atoms with Crippen molar-refractivity contribution in [2.24, 2.45) is 0 Å². The van der Waals surface area contributed by atoms with Gasteiger partial charge in [-0.1, -0.05) is 43.1 Å². The predicted octanol–water partition coefficient (Wildman–Crippen LogP) is 3.28. The van der Waals surface area contributed by atoms with Gasteiger partial charge in [0.15, 0.2) is 0 Å². The van der Waals surface area contributed by atoms with E-state index >= 15 is 0 Å². The molecule has 0 aliphatic carbocycles. The van der Waals surface area contributed by atoms with Crippen LogP contribution in [0.4, 0.5) is 0 Å². The second-order valence-electron chi connectivity index (χ2n) is 2.70. The molecule has 3 heteroatoms. The van der Waals surface area contributed by atoms with Gasteiger partial charge in [0.05, 0.1) is 0 Å². The average molecular weight is 207 g/mol. The van der Waals surface area contributed by atoms with Crippen LogP contribution in [0.25, 0.3) is 10.8 Å². The van der Waals surface area contributed by atoms with Gasteiger partial charge in [0.25, 0.3) is 0 Å². The molecule has 1 N–H and O–H groups in total. The SMILES string of the molecule is SNSc1ccc2ccccc2c1. The van der Waals surface area contributed by atoms with E-state index in [4.69, 9.17) is 0 Å². The summed E-state index contributed by atoms with van der Waals surface area (Å²) >= 11 is 5.44. The summed E-state index contributed by atoms with van der Waals surface area (Å²) < 4.78 is 2.76. The van der Waals surface area contributed by atoms with Crippen molar-refractivity contribution in [1.82, 2.24) is 4.13 Å². The van der Waals surface area contributed by atoms with Crippen molar-refractivity contribution in [3.05, 3.63) is 42.5 Å². The molecule has 0 unspecified atom stereocenters. The lowest BCUT2D eigenvalue weighted by Gasteiger charge is -2.00. The molecule has 0 fully saturated rings. The molecule has 2 aromatic rings. The van der Waals surface area contributed by atoms with Crippen LogP contribution >= 0.6 is 24.8 Å². The molecule has 66 valence electrons. The zero-order chi connectivity index (χ0) is 9.10. The van der Waals surface area contributed by atoms with E-state index in [2.05, 4.69) is 47.3 Å². The summed E-state index contributed by atoms with van der Waals surface area (Å²) in [7, 11) is 0. The highest BCUT2D eigenvalue weighted by atomic mass is 32.2. The van der Waals surface area contributed by atoms with Crippen molar-refractivity contribution in [1.29, 1.82) is 0 Å². The van der Waals surface area contributed by atoms with Gasteiger partial charge in [-0.2, -0.15) is 0 Å². The topological polar surface area (TPSA) is 12.0 Å². The molecule has 0 amide bonds. The minimum absolute atomic E-state index is 1.17. The molecular weight excluding hydrogens is 198 g/mol. The van der Waals surface area contributed by atoms with Crippen molar-refractivity contribution in [2.75, 3.05) is 0 Å². The third-order valence-electron chi connectivity index (χ3n) is 1.88. The lowest BCUT2D eigenvalue weighted by molar-refractivity contribution is 1.49. The van der Waals surface area contributed by atoms with E-state index in [9.17, 15) is 0 Å². The third kappa shape index (κ3) is 1.99. The van der Waals surface area contributed by atoms with Crippen molar-refractivity contribution >= 4 is 35.5 Å². The molecule has 0 saturated carbocycles. The average Bonchev–Trinajstić information content (AvgIpc) is 2.18. The summed E-state index contributed by atoms with van der Waals surface area (Å²) in [6, 6.07) is 14.6. The fourth-order valence-corrected chi connectivity index (χ4v) is 2.03. The molecule has 2 rings (SSSR count). The number of rotatable bonds is 2. The van der Waals surface area contributed by atoms with E-state index in [1.807, 2.05) is 12.1 Å². The third-order valence-corrected chi connectivity index (χ3v) is 2.74. The van der Waals surface area contributed by atoms with Gasteiger partial charge in [-0.3, -0.25) is 0 Å². The quantitative estimate of drug-likeness (QED) is 0.579. The van der Waals surface area contributed by atoms with Crippen LogP contribution in [-0.2, 0) is 0 Å². The Bertz CT molecular complexity index is 414. The summed E-state index contributed by atoms with van der Waals surface area (Å²) in [5, 5.41) is 2.53. The number of fused-ring (bicyclic) bond motifs is 1. The minimum Gasteiger partial charge on any atom is -0.206 e. The summed E-state index contributed by atoms with van der Waals surface area (Å²) in [6.07, 6.45) is 0. The molecule has 0 atom stereocenters. The number of nitrogens with one attached hydrogen (secondary N) is 1. The van der Waals surface area contributed by atoms with Gasteiger partial charge >= 0.3 is 0 Å². The fraction of sp³-hybridized carbons (Fsp3) is 0. The summed E-state index contributed by atoms with van der Waals surface area (Å²) in [4.78, 5) is 1.17. The second-order valence-corrected chi connectivity index (χ2v) is 4.11. The zero-order valence-corrected chi connectivity index (χ0v) is 8.61. The minimum atomic E-state index is 1.17. The Morgan fingerprint density at radius 1 is 1.00 bits per heavy atom. The first-order valence-electron chi connectivity index (χ1n) is 3.95. The van der Waals surface area contributed by atoms with Gasteiger partial charge in [0, 0.05) is 4.90 Å². The van der Waals surface area contributed by atoms with Gasteiger partial charge in [-0.15, -0.1) is 0 Å². The Hall–Kier alpha value is -0.640. The van der Waals surface area contributed by atoms with Gasteiger partial charge in [-0.05, 0) is 34.9 Å². The maximum atomic E-state index is 3.94. The van der Waals surface area contributed by atoms with Crippen LogP contribution in [0, 0.1) is 0 Å². The second kappa shape index (κ2) is 4.05. The smallest absolute Gasteiger partial charge is 0.0242 e. The molecule has 1 nitrogen and oxygen atoms in total. The number of thiol groups is 1. The normalized spacial score (nSPS) is 10.5. The van der Waals surface area contributed by atoms with Crippen LogP contribution in [0.5, 0.6) is 0 Å². The molecule has 13 heavy (non-hydrogen) atoms. The summed E-state index contributed by atoms with van der Waals surface area (Å²) in [5.41, 5.74) is 0. The summed E-state index contributed by atoms with van der Waals surface area (Å²) in [5.74, 6) is 0. The highest BCUT2D eigenvalue weighted by molar-refractivity contribution is 8.06. The predicted molar refractivity (Wildman–Crippen MR) is 61.9 cm³/mol. The molecule has 0 radical (unpaired) electrons. The van der Waals surface area contributed by atoms with Crippen molar-refractivity contribution in [3.63, 3.8) is 0 Å². The molecular formula is C10H9NS2. The van der Waals surface area contributed by atoms with E-state index in [1.54, 1.807) is 0 Å². The number of hydrogen-bond acceptors (Lipinski definition) is 3. The highest BCUT2D eigenvalue weighted by Crippen LogP contribution is 2.21. The Kier molecular flexibility index (Phi) is 2.78. The van der Waals surface area contributed by atoms with E-state index in [1.165, 1.54) is 27.6 Å². The van der Waals surface area contributed by atoms with Crippen molar-refractivity contribution < 1.29 is 0 Å². The van der Waals surface area contributed by atoms with Crippen LogP contribution in [0.2, 0.25) is 0 Å². The van der Waals surface area contributed by atoms with Crippen LogP contribution in [0.1, 0.15) is 0 Å². The molecule has 0 bridgehead atoms. The lowest BCUT2D eigenvalue weighted by atomic mass is 10.1. The Labute approximate surface area is 87.2 Å². The molecule has 0 spiro atoms. The van der Waals surface area contributed by atoms with Crippen LogP contribution < -0.4 is 4.13 Å². The molecule has 0 aromatic heterocycles. The fourth-order valence-electron chi connectivity index (χ4n) is 1.28. The highest BCUT2D eigenvalue weighted by Gasteiger charge is 1.94. The van der Waals surface area contributed by atoms with E-state index in [-0.39, 0.29) is 0 Å². The number of benzene rings is 2. The molecule has 0 aliphatic rings. The Morgan fingerprint density at radius 3 is 2.54 bits per heavy atom. The standard InChI is InChI=1S/C10H9NS2/c12-11-13-10-6-5-8-3-1-2-4-9(8)7-10/h1-7,11-12H. The van der Waals surface area contributed by atoms with Crippen molar-refractivity contribution in [3.8, 4) is 0 Å². The summed E-state index contributed by atoms with van der Waals surface area (Å²) in [6.45, 7) is 0. The molecule has 2 aromatic carbocycles. The van der Waals surface area contributed by atoms with Crippen LogP contribution in [0.15, 0.2) is 47.4 Å². The Morgan fingerprint density at radius 2 is 1.77 bits per heavy atom. The number of hydrogen-bond donors (Lipinski definition) is 2. The maximum Gasteiger partial charge on any atom is 0.0242 e. The van der Waals surface area contributed by atoms with Crippen molar-refractivity contribution in [2.45, 2.75) is 4.90 Å². The van der Waals surface area contributed by atoms with E-state index < -0.39 is 0 Å². The Balaban J connectivity index is 2.49. The monoisotopic (exact) mass is 207 g/mol.